The van der Waals surface area contributed by atoms with E-state index < -0.39 is 0 Å². The molecular weight excluding hydrogens is 236 g/mol. The van der Waals surface area contributed by atoms with Crippen molar-refractivity contribution >= 4 is 11.5 Å². The maximum atomic E-state index is 7.52. The Morgan fingerprint density at radius 3 is 2.47 bits per heavy atom. The molecule has 1 heterocycles. The van der Waals surface area contributed by atoms with E-state index in [-0.39, 0.29) is 5.84 Å². The van der Waals surface area contributed by atoms with E-state index in [4.69, 9.17) is 11.1 Å². The molecule has 0 aliphatic carbocycles. The van der Waals surface area contributed by atoms with Crippen molar-refractivity contribution in [3.05, 3.63) is 29.3 Å². The Balaban J connectivity index is 2.04. The number of anilines is 1. The summed E-state index contributed by atoms with van der Waals surface area (Å²) in [5, 5.41) is 7.52. The van der Waals surface area contributed by atoms with Gasteiger partial charge in [0.25, 0.3) is 0 Å². The van der Waals surface area contributed by atoms with Gasteiger partial charge in [-0.05, 0) is 43.7 Å². The summed E-state index contributed by atoms with van der Waals surface area (Å²) in [5.41, 5.74) is 8.73. The molecule has 0 saturated carbocycles. The number of piperazine rings is 1. The molecule has 4 heteroatoms. The van der Waals surface area contributed by atoms with Crippen LogP contribution in [0.25, 0.3) is 0 Å². The molecule has 0 aromatic heterocycles. The van der Waals surface area contributed by atoms with Crippen LogP contribution in [0.15, 0.2) is 18.2 Å². The Kier molecular flexibility index (Phi) is 4.43. The fourth-order valence-corrected chi connectivity index (χ4v) is 2.69. The predicted octanol–water partition coefficient (Wildman–Crippen LogP) is 1.81. The molecule has 2 rings (SSSR count). The molecule has 0 unspecified atom stereocenters. The zero-order valence-corrected chi connectivity index (χ0v) is 11.9. The molecule has 1 aromatic rings. The lowest BCUT2D eigenvalue weighted by Gasteiger charge is -2.36. The third-order valence-corrected chi connectivity index (χ3v) is 3.78. The van der Waals surface area contributed by atoms with Crippen molar-refractivity contribution in [3.63, 3.8) is 0 Å². The highest BCUT2D eigenvalue weighted by molar-refractivity contribution is 5.96. The highest BCUT2D eigenvalue weighted by Gasteiger charge is 2.17. The fourth-order valence-electron chi connectivity index (χ4n) is 2.69. The van der Waals surface area contributed by atoms with Crippen LogP contribution < -0.4 is 10.6 Å². The van der Waals surface area contributed by atoms with Gasteiger partial charge in [-0.2, -0.15) is 0 Å². The lowest BCUT2D eigenvalue weighted by Crippen LogP contribution is -2.46. The van der Waals surface area contributed by atoms with E-state index in [2.05, 4.69) is 28.9 Å². The largest absolute Gasteiger partial charge is 0.384 e. The zero-order chi connectivity index (χ0) is 13.8. The SMILES string of the molecule is CCCN1CCN(c2ccc(C(=N)N)c(C)c2)CC1. The molecule has 1 aromatic carbocycles. The normalized spacial score (nSPS) is 16.6. The monoisotopic (exact) mass is 260 g/mol. The van der Waals surface area contributed by atoms with Crippen LogP contribution in [0.1, 0.15) is 24.5 Å². The first-order valence-corrected chi connectivity index (χ1v) is 7.04. The predicted molar refractivity (Wildman–Crippen MR) is 81.1 cm³/mol. The van der Waals surface area contributed by atoms with Crippen molar-refractivity contribution in [2.24, 2.45) is 5.73 Å². The number of benzene rings is 1. The van der Waals surface area contributed by atoms with E-state index in [0.29, 0.717) is 0 Å². The van der Waals surface area contributed by atoms with Crippen molar-refractivity contribution in [1.82, 2.24) is 4.90 Å². The molecule has 1 saturated heterocycles. The van der Waals surface area contributed by atoms with Crippen molar-refractivity contribution in [2.75, 3.05) is 37.6 Å². The van der Waals surface area contributed by atoms with Crippen molar-refractivity contribution < 1.29 is 0 Å². The Hall–Kier alpha value is -1.55. The van der Waals surface area contributed by atoms with E-state index in [1.807, 2.05) is 13.0 Å². The summed E-state index contributed by atoms with van der Waals surface area (Å²) in [6.07, 6.45) is 1.23. The van der Waals surface area contributed by atoms with Crippen molar-refractivity contribution in [2.45, 2.75) is 20.3 Å². The van der Waals surface area contributed by atoms with E-state index in [0.717, 1.165) is 37.3 Å². The van der Waals surface area contributed by atoms with Crippen LogP contribution in [0.5, 0.6) is 0 Å². The van der Waals surface area contributed by atoms with Crippen LogP contribution in [-0.2, 0) is 0 Å². The number of hydrogen-bond donors (Lipinski definition) is 2. The van der Waals surface area contributed by atoms with Gasteiger partial charge in [0, 0.05) is 37.4 Å². The number of amidine groups is 1. The van der Waals surface area contributed by atoms with Crippen LogP contribution in [0.3, 0.4) is 0 Å². The average molecular weight is 260 g/mol. The first kappa shape index (κ1) is 13.9. The molecule has 1 fully saturated rings. The summed E-state index contributed by atoms with van der Waals surface area (Å²) in [7, 11) is 0. The second-order valence-electron chi connectivity index (χ2n) is 5.24. The van der Waals surface area contributed by atoms with Gasteiger partial charge in [-0.3, -0.25) is 10.3 Å². The summed E-state index contributed by atoms with van der Waals surface area (Å²) in [4.78, 5) is 4.94. The molecule has 1 aliphatic heterocycles. The first-order valence-electron chi connectivity index (χ1n) is 7.04. The van der Waals surface area contributed by atoms with Gasteiger partial charge >= 0.3 is 0 Å². The molecule has 104 valence electrons. The number of nitrogens with zero attached hydrogens (tertiary/aromatic N) is 2. The maximum absolute atomic E-state index is 7.52. The first-order chi connectivity index (χ1) is 9.11. The summed E-state index contributed by atoms with van der Waals surface area (Å²) < 4.78 is 0. The number of nitrogens with one attached hydrogen (secondary N) is 1. The third kappa shape index (κ3) is 3.26. The van der Waals surface area contributed by atoms with Gasteiger partial charge in [0.05, 0.1) is 0 Å². The van der Waals surface area contributed by atoms with Gasteiger partial charge in [-0.1, -0.05) is 6.92 Å². The number of rotatable bonds is 4. The summed E-state index contributed by atoms with van der Waals surface area (Å²) in [6.45, 7) is 9.90. The van der Waals surface area contributed by atoms with E-state index in [9.17, 15) is 0 Å². The molecule has 19 heavy (non-hydrogen) atoms. The van der Waals surface area contributed by atoms with Crippen LogP contribution in [0.2, 0.25) is 0 Å². The second-order valence-corrected chi connectivity index (χ2v) is 5.24. The molecule has 0 radical (unpaired) electrons. The molecule has 4 nitrogen and oxygen atoms in total. The topological polar surface area (TPSA) is 56.4 Å². The van der Waals surface area contributed by atoms with Gasteiger partial charge in [0.2, 0.25) is 0 Å². The van der Waals surface area contributed by atoms with Gasteiger partial charge < -0.3 is 10.6 Å². The van der Waals surface area contributed by atoms with E-state index in [1.54, 1.807) is 0 Å². The lowest BCUT2D eigenvalue weighted by atomic mass is 10.1. The Morgan fingerprint density at radius 2 is 1.95 bits per heavy atom. The Bertz CT molecular complexity index is 447. The van der Waals surface area contributed by atoms with Crippen LogP contribution in [-0.4, -0.2) is 43.5 Å². The molecule has 3 N–H and O–H groups in total. The highest BCUT2D eigenvalue weighted by Crippen LogP contribution is 2.20. The van der Waals surface area contributed by atoms with Gasteiger partial charge in [-0.15, -0.1) is 0 Å². The summed E-state index contributed by atoms with van der Waals surface area (Å²) in [5.74, 6) is 0.150. The molecule has 0 bridgehead atoms. The number of nitrogens with two attached hydrogens (primary N) is 1. The van der Waals surface area contributed by atoms with Crippen LogP contribution in [0, 0.1) is 12.3 Å². The van der Waals surface area contributed by atoms with Crippen LogP contribution in [0.4, 0.5) is 5.69 Å². The minimum atomic E-state index is 0.150. The Morgan fingerprint density at radius 1 is 1.26 bits per heavy atom. The summed E-state index contributed by atoms with van der Waals surface area (Å²) in [6, 6.07) is 6.19. The van der Waals surface area contributed by atoms with Crippen LogP contribution >= 0.6 is 0 Å². The number of hydrogen-bond acceptors (Lipinski definition) is 3. The minimum Gasteiger partial charge on any atom is -0.384 e. The fraction of sp³-hybridized carbons (Fsp3) is 0.533. The standard InChI is InChI=1S/C15H24N4/c1-3-6-18-7-9-19(10-8-18)13-4-5-14(15(16)17)12(2)11-13/h4-5,11H,3,6-10H2,1-2H3,(H3,16,17). The quantitative estimate of drug-likeness (QED) is 0.641. The number of aryl methyl sites for hydroxylation is 1. The molecule has 0 atom stereocenters. The third-order valence-electron chi connectivity index (χ3n) is 3.78. The second kappa shape index (κ2) is 6.06. The van der Waals surface area contributed by atoms with Gasteiger partial charge in [0.1, 0.15) is 5.84 Å². The Labute approximate surface area is 115 Å². The smallest absolute Gasteiger partial charge is 0.123 e. The average Bonchev–Trinajstić information content (AvgIpc) is 2.39. The zero-order valence-electron chi connectivity index (χ0n) is 11.9. The van der Waals surface area contributed by atoms with Gasteiger partial charge in [0.15, 0.2) is 0 Å². The minimum absolute atomic E-state index is 0.150. The highest BCUT2D eigenvalue weighted by atomic mass is 15.3. The van der Waals surface area contributed by atoms with Crippen molar-refractivity contribution in [3.8, 4) is 0 Å². The van der Waals surface area contributed by atoms with Gasteiger partial charge in [-0.25, -0.2) is 0 Å². The van der Waals surface area contributed by atoms with E-state index >= 15 is 0 Å². The maximum Gasteiger partial charge on any atom is 0.123 e. The lowest BCUT2D eigenvalue weighted by molar-refractivity contribution is 0.258. The molecule has 0 spiro atoms. The molecule has 0 amide bonds. The van der Waals surface area contributed by atoms with E-state index in [1.165, 1.54) is 18.7 Å². The molecular formula is C15H24N4. The molecule has 1 aliphatic rings. The van der Waals surface area contributed by atoms with Crippen molar-refractivity contribution in [1.29, 1.82) is 5.41 Å². The summed E-state index contributed by atoms with van der Waals surface area (Å²) >= 11 is 0. The number of nitrogen functional groups attached to an aromatic ring is 1.